The van der Waals surface area contributed by atoms with Gasteiger partial charge in [-0.1, -0.05) is 53.5 Å². The van der Waals surface area contributed by atoms with Gasteiger partial charge in [-0.3, -0.25) is 0 Å². The number of hydrogen-bond donors (Lipinski definition) is 0. The van der Waals surface area contributed by atoms with Crippen LogP contribution in [0.25, 0.3) is 0 Å². The van der Waals surface area contributed by atoms with Crippen molar-refractivity contribution in [1.29, 1.82) is 0 Å². The zero-order valence-corrected chi connectivity index (χ0v) is 10.0. The molecule has 0 saturated heterocycles. The molecule has 2 aromatic carbocycles. The summed E-state index contributed by atoms with van der Waals surface area (Å²) in [5, 5.41) is 1.31. The second-order valence-corrected chi connectivity index (χ2v) is 4.12. The first-order valence-electron chi connectivity index (χ1n) is 4.88. The molecule has 82 valence electrons. The highest BCUT2D eigenvalue weighted by molar-refractivity contribution is 6.32. The van der Waals surface area contributed by atoms with E-state index in [9.17, 15) is 0 Å². The second-order valence-electron chi connectivity index (χ2n) is 3.31. The Labute approximate surface area is 105 Å². The summed E-state index contributed by atoms with van der Waals surface area (Å²) in [5.74, 6) is 0.670. The molecular formula is C13H10Cl2O. The van der Waals surface area contributed by atoms with Crippen LogP contribution in [0.4, 0.5) is 0 Å². The van der Waals surface area contributed by atoms with Crippen molar-refractivity contribution < 1.29 is 4.74 Å². The van der Waals surface area contributed by atoms with Crippen molar-refractivity contribution in [1.82, 2.24) is 0 Å². The molecule has 0 aromatic heterocycles. The van der Waals surface area contributed by atoms with Gasteiger partial charge < -0.3 is 4.74 Å². The maximum Gasteiger partial charge on any atom is 0.138 e. The Kier molecular flexibility index (Phi) is 3.70. The molecule has 0 unspecified atom stereocenters. The third-order valence-corrected chi connectivity index (χ3v) is 2.86. The molecule has 0 N–H and O–H groups in total. The van der Waals surface area contributed by atoms with Gasteiger partial charge in [-0.05, 0) is 18.2 Å². The van der Waals surface area contributed by atoms with E-state index in [1.165, 1.54) is 0 Å². The minimum absolute atomic E-state index is 0.420. The molecular weight excluding hydrogens is 243 g/mol. The van der Waals surface area contributed by atoms with Crippen LogP contribution in [0.3, 0.4) is 0 Å². The average molecular weight is 253 g/mol. The van der Waals surface area contributed by atoms with E-state index in [-0.39, 0.29) is 0 Å². The highest BCUT2D eigenvalue weighted by Crippen LogP contribution is 2.25. The molecule has 0 bridgehead atoms. The van der Waals surface area contributed by atoms with Crippen molar-refractivity contribution in [3.05, 3.63) is 64.1 Å². The minimum Gasteiger partial charge on any atom is -0.487 e. The van der Waals surface area contributed by atoms with E-state index in [2.05, 4.69) is 0 Å². The van der Waals surface area contributed by atoms with Gasteiger partial charge in [0.05, 0.1) is 5.02 Å². The van der Waals surface area contributed by atoms with Crippen LogP contribution in [0.5, 0.6) is 5.75 Å². The van der Waals surface area contributed by atoms with Crippen LogP contribution < -0.4 is 4.74 Å². The number of halogens is 2. The molecule has 0 spiro atoms. The average Bonchev–Trinajstić information content (AvgIpc) is 2.30. The van der Waals surface area contributed by atoms with Gasteiger partial charge in [0.15, 0.2) is 0 Å². The van der Waals surface area contributed by atoms with Gasteiger partial charge in [-0.15, -0.1) is 0 Å². The third-order valence-electron chi connectivity index (χ3n) is 2.18. The Morgan fingerprint density at radius 3 is 2.12 bits per heavy atom. The molecule has 0 aliphatic rings. The largest absolute Gasteiger partial charge is 0.487 e. The SMILES string of the molecule is Clc1ccccc1COc1ccccc1Cl. The Hall–Kier alpha value is -1.18. The van der Waals surface area contributed by atoms with E-state index in [0.29, 0.717) is 22.4 Å². The van der Waals surface area contributed by atoms with Gasteiger partial charge in [-0.2, -0.15) is 0 Å². The fraction of sp³-hybridized carbons (Fsp3) is 0.0769. The molecule has 0 heterocycles. The highest BCUT2D eigenvalue weighted by Gasteiger charge is 2.02. The molecule has 0 atom stereocenters. The van der Waals surface area contributed by atoms with Crippen molar-refractivity contribution in [2.45, 2.75) is 6.61 Å². The van der Waals surface area contributed by atoms with Gasteiger partial charge >= 0.3 is 0 Å². The Morgan fingerprint density at radius 2 is 1.44 bits per heavy atom. The number of benzene rings is 2. The summed E-state index contributed by atoms with van der Waals surface area (Å²) in [6.45, 7) is 0.420. The summed E-state index contributed by atoms with van der Waals surface area (Å²) in [4.78, 5) is 0. The van der Waals surface area contributed by atoms with Crippen LogP contribution in [0.2, 0.25) is 10.0 Å². The molecule has 2 rings (SSSR count). The van der Waals surface area contributed by atoms with Crippen LogP contribution in [0.1, 0.15) is 5.56 Å². The molecule has 0 aliphatic heterocycles. The summed E-state index contributed by atoms with van der Waals surface area (Å²) in [6.07, 6.45) is 0. The van der Waals surface area contributed by atoms with Crippen LogP contribution >= 0.6 is 23.2 Å². The lowest BCUT2D eigenvalue weighted by atomic mass is 10.2. The third kappa shape index (κ3) is 2.69. The Bertz CT molecular complexity index is 437. The fourth-order valence-corrected chi connectivity index (χ4v) is 1.71. The highest BCUT2D eigenvalue weighted by atomic mass is 35.5. The van der Waals surface area contributed by atoms with E-state index in [0.717, 1.165) is 5.56 Å². The van der Waals surface area contributed by atoms with Gasteiger partial charge in [0.25, 0.3) is 0 Å². The van der Waals surface area contributed by atoms with Gasteiger partial charge in [0.1, 0.15) is 12.4 Å². The molecule has 2 aromatic rings. The Balaban J connectivity index is 2.09. The maximum absolute atomic E-state index is 6.02. The smallest absolute Gasteiger partial charge is 0.138 e. The van der Waals surface area contributed by atoms with Crippen molar-refractivity contribution >= 4 is 23.2 Å². The lowest BCUT2D eigenvalue weighted by Crippen LogP contribution is -1.96. The fourth-order valence-electron chi connectivity index (χ4n) is 1.33. The normalized spacial score (nSPS) is 10.1. The van der Waals surface area contributed by atoms with Crippen molar-refractivity contribution in [2.24, 2.45) is 0 Å². The zero-order chi connectivity index (χ0) is 11.4. The molecule has 16 heavy (non-hydrogen) atoms. The molecule has 0 aliphatic carbocycles. The standard InChI is InChI=1S/C13H10Cl2O/c14-11-6-2-1-5-10(11)9-16-13-8-4-3-7-12(13)15/h1-8H,9H2. The van der Waals surface area contributed by atoms with Gasteiger partial charge in [0, 0.05) is 10.6 Å². The van der Waals surface area contributed by atoms with Crippen molar-refractivity contribution in [3.8, 4) is 5.75 Å². The van der Waals surface area contributed by atoms with Crippen molar-refractivity contribution in [3.63, 3.8) is 0 Å². The van der Waals surface area contributed by atoms with E-state index in [1.807, 2.05) is 42.5 Å². The predicted octanol–water partition coefficient (Wildman–Crippen LogP) is 4.57. The Morgan fingerprint density at radius 1 is 0.812 bits per heavy atom. The van der Waals surface area contributed by atoms with Crippen LogP contribution in [0, 0.1) is 0 Å². The number of para-hydroxylation sites is 1. The lowest BCUT2D eigenvalue weighted by molar-refractivity contribution is 0.306. The number of hydrogen-bond acceptors (Lipinski definition) is 1. The van der Waals surface area contributed by atoms with E-state index in [1.54, 1.807) is 6.07 Å². The van der Waals surface area contributed by atoms with Crippen LogP contribution in [-0.4, -0.2) is 0 Å². The topological polar surface area (TPSA) is 9.23 Å². The molecule has 0 radical (unpaired) electrons. The van der Waals surface area contributed by atoms with Gasteiger partial charge in [0.2, 0.25) is 0 Å². The lowest BCUT2D eigenvalue weighted by Gasteiger charge is -2.08. The monoisotopic (exact) mass is 252 g/mol. The summed E-state index contributed by atoms with van der Waals surface area (Å²) >= 11 is 12.0. The number of rotatable bonds is 3. The second kappa shape index (κ2) is 5.24. The van der Waals surface area contributed by atoms with E-state index in [4.69, 9.17) is 27.9 Å². The van der Waals surface area contributed by atoms with E-state index >= 15 is 0 Å². The predicted molar refractivity (Wildman–Crippen MR) is 67.2 cm³/mol. The quantitative estimate of drug-likeness (QED) is 0.778. The summed E-state index contributed by atoms with van der Waals surface area (Å²) in [6, 6.07) is 15.0. The summed E-state index contributed by atoms with van der Waals surface area (Å²) < 4.78 is 5.59. The minimum atomic E-state index is 0.420. The summed E-state index contributed by atoms with van der Waals surface area (Å²) in [5.41, 5.74) is 0.948. The molecule has 3 heteroatoms. The maximum atomic E-state index is 6.02. The summed E-state index contributed by atoms with van der Waals surface area (Å²) in [7, 11) is 0. The molecule has 1 nitrogen and oxygen atoms in total. The molecule has 0 amide bonds. The number of ether oxygens (including phenoxy) is 1. The van der Waals surface area contributed by atoms with Gasteiger partial charge in [-0.25, -0.2) is 0 Å². The molecule has 0 saturated carbocycles. The first-order valence-corrected chi connectivity index (χ1v) is 5.63. The molecule has 0 fully saturated rings. The van der Waals surface area contributed by atoms with Crippen molar-refractivity contribution in [2.75, 3.05) is 0 Å². The first kappa shape index (κ1) is 11.3. The van der Waals surface area contributed by atoms with Crippen LogP contribution in [-0.2, 0) is 6.61 Å². The first-order chi connectivity index (χ1) is 7.77. The van der Waals surface area contributed by atoms with E-state index < -0.39 is 0 Å². The zero-order valence-electron chi connectivity index (χ0n) is 8.49. The van der Waals surface area contributed by atoms with Crippen LogP contribution in [0.15, 0.2) is 48.5 Å².